The van der Waals surface area contributed by atoms with E-state index in [0.717, 1.165) is 24.5 Å². The van der Waals surface area contributed by atoms with Crippen LogP contribution in [0, 0.1) is 35.2 Å². The van der Waals surface area contributed by atoms with Crippen LogP contribution in [0.2, 0.25) is 0 Å². The first-order valence-corrected chi connectivity index (χ1v) is 6.98. The monoisotopic (exact) mass is 283 g/mol. The molecule has 0 aliphatic heterocycles. The largest absolute Gasteiger partial charge is 0.323 e. The fourth-order valence-corrected chi connectivity index (χ4v) is 3.69. The van der Waals surface area contributed by atoms with Gasteiger partial charge < -0.3 is 5.32 Å². The Morgan fingerprint density at radius 2 is 1.95 bits per heavy atom. The molecule has 5 heteroatoms. The summed E-state index contributed by atoms with van der Waals surface area (Å²) in [5, 5.41) is 2.34. The molecule has 0 unspecified atom stereocenters. The SMILES string of the molecule is O=C(C[C@@H]1C[C@H]2CC[C@H]1C2)Nc1ccc(F)c(F)c1F. The highest BCUT2D eigenvalue weighted by atomic mass is 19.2. The number of nitrogens with one attached hydrogen (secondary N) is 1. The molecule has 108 valence electrons. The first kappa shape index (κ1) is 13.5. The number of fused-ring (bicyclic) bond motifs is 2. The molecular weight excluding hydrogens is 267 g/mol. The molecule has 3 rings (SSSR count). The van der Waals surface area contributed by atoms with Gasteiger partial charge in [0.2, 0.25) is 5.91 Å². The van der Waals surface area contributed by atoms with E-state index in [-0.39, 0.29) is 11.6 Å². The van der Waals surface area contributed by atoms with Gasteiger partial charge in [0.1, 0.15) is 0 Å². The highest BCUT2D eigenvalue weighted by Gasteiger charge is 2.40. The molecule has 2 nitrogen and oxygen atoms in total. The van der Waals surface area contributed by atoms with Gasteiger partial charge in [-0.15, -0.1) is 0 Å². The molecule has 1 amide bonds. The topological polar surface area (TPSA) is 29.1 Å². The molecule has 1 aromatic carbocycles. The van der Waals surface area contributed by atoms with Crippen molar-refractivity contribution >= 4 is 11.6 Å². The van der Waals surface area contributed by atoms with E-state index in [0.29, 0.717) is 18.3 Å². The van der Waals surface area contributed by atoms with Crippen molar-refractivity contribution in [3.05, 3.63) is 29.6 Å². The van der Waals surface area contributed by atoms with Gasteiger partial charge in [-0.3, -0.25) is 4.79 Å². The van der Waals surface area contributed by atoms with Crippen LogP contribution >= 0.6 is 0 Å². The Morgan fingerprint density at radius 3 is 2.60 bits per heavy atom. The number of halogens is 3. The maximum Gasteiger partial charge on any atom is 0.224 e. The molecular formula is C15H16F3NO. The minimum absolute atomic E-state index is 0.294. The Balaban J connectivity index is 1.63. The van der Waals surface area contributed by atoms with Crippen molar-refractivity contribution in [3.63, 3.8) is 0 Å². The van der Waals surface area contributed by atoms with Crippen molar-refractivity contribution in [1.29, 1.82) is 0 Å². The predicted molar refractivity (Wildman–Crippen MR) is 68.5 cm³/mol. The third-order valence-corrected chi connectivity index (χ3v) is 4.64. The number of hydrogen-bond donors (Lipinski definition) is 1. The second-order valence-electron chi connectivity index (χ2n) is 5.91. The van der Waals surface area contributed by atoms with Crippen LogP contribution in [0.4, 0.5) is 18.9 Å². The summed E-state index contributed by atoms with van der Waals surface area (Å²) < 4.78 is 39.3. The molecule has 0 aromatic heterocycles. The normalized spacial score (nSPS) is 27.9. The summed E-state index contributed by atoms with van der Waals surface area (Å²) in [5.74, 6) is -2.80. The van der Waals surface area contributed by atoms with Crippen LogP contribution in [0.3, 0.4) is 0 Å². The summed E-state index contributed by atoms with van der Waals surface area (Å²) in [4.78, 5) is 11.9. The van der Waals surface area contributed by atoms with Gasteiger partial charge in [0.05, 0.1) is 5.69 Å². The maximum absolute atomic E-state index is 13.5. The zero-order chi connectivity index (χ0) is 14.3. The molecule has 0 heterocycles. The molecule has 2 fully saturated rings. The Hall–Kier alpha value is -1.52. The summed E-state index contributed by atoms with van der Waals surface area (Å²) in [5.41, 5.74) is -0.294. The number of amides is 1. The number of carbonyl (C=O) groups is 1. The minimum Gasteiger partial charge on any atom is -0.323 e. The lowest BCUT2D eigenvalue weighted by molar-refractivity contribution is -0.117. The van der Waals surface area contributed by atoms with Crippen LogP contribution in [-0.4, -0.2) is 5.91 Å². The molecule has 2 aliphatic rings. The Bertz CT molecular complexity index is 546. The Kier molecular flexibility index (Phi) is 3.44. The fraction of sp³-hybridized carbons (Fsp3) is 0.533. The molecule has 2 aliphatic carbocycles. The minimum atomic E-state index is -1.55. The lowest BCUT2D eigenvalue weighted by Gasteiger charge is -2.21. The summed E-state index contributed by atoms with van der Waals surface area (Å²) in [6.45, 7) is 0. The van der Waals surface area contributed by atoms with Gasteiger partial charge >= 0.3 is 0 Å². The van der Waals surface area contributed by atoms with E-state index >= 15 is 0 Å². The van der Waals surface area contributed by atoms with Crippen LogP contribution in [0.1, 0.15) is 32.1 Å². The van der Waals surface area contributed by atoms with Crippen LogP contribution in [0.15, 0.2) is 12.1 Å². The van der Waals surface area contributed by atoms with E-state index in [1.165, 1.54) is 19.3 Å². The second kappa shape index (κ2) is 5.11. The molecule has 1 aromatic rings. The van der Waals surface area contributed by atoms with Gasteiger partial charge in [-0.1, -0.05) is 6.42 Å². The third-order valence-electron chi connectivity index (χ3n) is 4.64. The zero-order valence-corrected chi connectivity index (χ0v) is 11.0. The smallest absolute Gasteiger partial charge is 0.224 e. The summed E-state index contributed by atoms with van der Waals surface area (Å²) in [7, 11) is 0. The van der Waals surface area contributed by atoms with E-state index in [1.54, 1.807) is 0 Å². The van der Waals surface area contributed by atoms with Gasteiger partial charge in [-0.25, -0.2) is 13.2 Å². The fourth-order valence-electron chi connectivity index (χ4n) is 3.69. The van der Waals surface area contributed by atoms with Gasteiger partial charge in [-0.2, -0.15) is 0 Å². The van der Waals surface area contributed by atoms with Crippen molar-refractivity contribution in [3.8, 4) is 0 Å². The number of benzene rings is 1. The molecule has 0 spiro atoms. The molecule has 1 N–H and O–H groups in total. The van der Waals surface area contributed by atoms with Crippen LogP contribution < -0.4 is 5.32 Å². The average Bonchev–Trinajstić information content (AvgIpc) is 3.02. The van der Waals surface area contributed by atoms with Gasteiger partial charge in [-0.05, 0) is 49.1 Å². The highest BCUT2D eigenvalue weighted by Crippen LogP contribution is 2.49. The van der Waals surface area contributed by atoms with Crippen molar-refractivity contribution in [2.75, 3.05) is 5.32 Å². The number of anilines is 1. The standard InChI is InChI=1S/C15H16F3NO/c16-11-3-4-12(15(18)14(11)17)19-13(20)7-10-6-8-1-2-9(10)5-8/h3-4,8-10H,1-2,5-7H2,(H,19,20)/t8-,9-,10-/m0/s1. The third kappa shape index (κ3) is 2.41. The van der Waals surface area contributed by atoms with E-state index < -0.39 is 17.5 Å². The number of hydrogen-bond acceptors (Lipinski definition) is 1. The average molecular weight is 283 g/mol. The lowest BCUT2D eigenvalue weighted by Crippen LogP contribution is -2.21. The van der Waals surface area contributed by atoms with Crippen molar-refractivity contribution in [1.82, 2.24) is 0 Å². The molecule has 0 radical (unpaired) electrons. The number of rotatable bonds is 3. The van der Waals surface area contributed by atoms with Crippen LogP contribution in [0.25, 0.3) is 0 Å². The second-order valence-corrected chi connectivity index (χ2v) is 5.91. The van der Waals surface area contributed by atoms with Gasteiger partial charge in [0.15, 0.2) is 17.5 Å². The van der Waals surface area contributed by atoms with Crippen molar-refractivity contribution in [2.45, 2.75) is 32.1 Å². The maximum atomic E-state index is 13.5. The Labute approximate surface area is 115 Å². The lowest BCUT2D eigenvalue weighted by atomic mass is 9.86. The van der Waals surface area contributed by atoms with E-state index in [1.807, 2.05) is 0 Å². The van der Waals surface area contributed by atoms with Crippen LogP contribution in [0.5, 0.6) is 0 Å². The molecule has 20 heavy (non-hydrogen) atoms. The van der Waals surface area contributed by atoms with E-state index in [4.69, 9.17) is 0 Å². The summed E-state index contributed by atoms with van der Waals surface area (Å²) in [6, 6.07) is 1.86. The molecule has 3 atom stereocenters. The first-order valence-electron chi connectivity index (χ1n) is 6.98. The summed E-state index contributed by atoms with van der Waals surface area (Å²) >= 11 is 0. The quantitative estimate of drug-likeness (QED) is 0.838. The predicted octanol–water partition coefficient (Wildman–Crippen LogP) is 3.87. The van der Waals surface area contributed by atoms with Crippen molar-refractivity contribution in [2.24, 2.45) is 17.8 Å². The molecule has 2 bridgehead atoms. The van der Waals surface area contributed by atoms with Crippen LogP contribution in [-0.2, 0) is 4.79 Å². The molecule has 0 saturated heterocycles. The van der Waals surface area contributed by atoms with Crippen molar-refractivity contribution < 1.29 is 18.0 Å². The summed E-state index contributed by atoms with van der Waals surface area (Å²) in [6.07, 6.45) is 5.00. The number of carbonyl (C=O) groups excluding carboxylic acids is 1. The van der Waals surface area contributed by atoms with E-state index in [2.05, 4.69) is 5.32 Å². The van der Waals surface area contributed by atoms with Gasteiger partial charge in [0, 0.05) is 6.42 Å². The van der Waals surface area contributed by atoms with Gasteiger partial charge in [0.25, 0.3) is 0 Å². The molecule has 2 saturated carbocycles. The highest BCUT2D eigenvalue weighted by molar-refractivity contribution is 5.91. The van der Waals surface area contributed by atoms with E-state index in [9.17, 15) is 18.0 Å². The Morgan fingerprint density at radius 1 is 1.15 bits per heavy atom. The zero-order valence-electron chi connectivity index (χ0n) is 11.0. The first-order chi connectivity index (χ1) is 9.54.